The van der Waals surface area contributed by atoms with Crippen molar-refractivity contribution in [3.05, 3.63) is 91.9 Å². The van der Waals surface area contributed by atoms with Crippen molar-refractivity contribution in [2.45, 2.75) is 27.0 Å². The molecule has 0 saturated carbocycles. The quantitative estimate of drug-likeness (QED) is 0.447. The number of ether oxygens (including phenoxy) is 1. The van der Waals surface area contributed by atoms with Gasteiger partial charge in [0.05, 0.1) is 10.0 Å². The predicted octanol–water partition coefficient (Wildman–Crippen LogP) is 7.45. The average molecular weight is 421 g/mol. The summed E-state index contributed by atoms with van der Waals surface area (Å²) in [4.78, 5) is 0. The van der Waals surface area contributed by atoms with Crippen LogP contribution in [0.4, 0.5) is 5.69 Å². The molecule has 0 radical (unpaired) electrons. The summed E-state index contributed by atoms with van der Waals surface area (Å²) in [6, 6.07) is 17.6. The maximum absolute atomic E-state index is 6.40. The largest absolute Gasteiger partial charge is 0.486 e. The smallest absolute Gasteiger partial charge is 0.156 e. The zero-order chi connectivity index (χ0) is 19.4. The molecule has 3 aromatic rings. The maximum atomic E-state index is 6.40. The topological polar surface area (TPSA) is 21.3 Å². The number of benzene rings is 3. The molecule has 3 aromatic carbocycles. The van der Waals surface area contributed by atoms with Gasteiger partial charge in [0.15, 0.2) is 5.75 Å². The van der Waals surface area contributed by atoms with Crippen molar-refractivity contribution in [2.24, 2.45) is 0 Å². The third kappa shape index (κ3) is 5.10. The first-order valence-electron chi connectivity index (χ1n) is 8.59. The molecular formula is C22H20Cl3NO. The summed E-state index contributed by atoms with van der Waals surface area (Å²) in [7, 11) is 0. The van der Waals surface area contributed by atoms with E-state index in [0.29, 0.717) is 34.0 Å². The fourth-order valence-corrected chi connectivity index (χ4v) is 3.66. The molecule has 0 atom stereocenters. The van der Waals surface area contributed by atoms with Gasteiger partial charge >= 0.3 is 0 Å². The number of aryl methyl sites for hydroxylation is 2. The molecule has 140 valence electrons. The normalized spacial score (nSPS) is 10.7. The summed E-state index contributed by atoms with van der Waals surface area (Å²) >= 11 is 19.0. The lowest BCUT2D eigenvalue weighted by Gasteiger charge is -2.14. The molecule has 0 heterocycles. The average Bonchev–Trinajstić information content (AvgIpc) is 2.61. The molecule has 0 aliphatic rings. The molecule has 0 bridgehead atoms. The van der Waals surface area contributed by atoms with E-state index in [1.807, 2.05) is 36.4 Å². The van der Waals surface area contributed by atoms with Crippen LogP contribution in [0.3, 0.4) is 0 Å². The van der Waals surface area contributed by atoms with Crippen molar-refractivity contribution < 1.29 is 4.74 Å². The van der Waals surface area contributed by atoms with E-state index in [2.05, 4.69) is 37.4 Å². The number of rotatable bonds is 6. The van der Waals surface area contributed by atoms with Crippen LogP contribution >= 0.6 is 34.8 Å². The van der Waals surface area contributed by atoms with E-state index < -0.39 is 0 Å². The van der Waals surface area contributed by atoms with Gasteiger partial charge < -0.3 is 10.1 Å². The summed E-state index contributed by atoms with van der Waals surface area (Å²) in [6.07, 6.45) is 0. The van der Waals surface area contributed by atoms with Crippen LogP contribution in [-0.2, 0) is 13.2 Å². The predicted molar refractivity (Wildman–Crippen MR) is 115 cm³/mol. The van der Waals surface area contributed by atoms with Gasteiger partial charge in [-0.05, 0) is 49.2 Å². The molecule has 1 N–H and O–H groups in total. The van der Waals surface area contributed by atoms with Crippen molar-refractivity contribution in [1.29, 1.82) is 0 Å². The Kier molecular flexibility index (Phi) is 6.54. The highest BCUT2D eigenvalue weighted by Gasteiger charge is 2.11. The molecule has 0 aromatic heterocycles. The van der Waals surface area contributed by atoms with Gasteiger partial charge in [-0.15, -0.1) is 0 Å². The van der Waals surface area contributed by atoms with E-state index in [-0.39, 0.29) is 0 Å². The van der Waals surface area contributed by atoms with Gasteiger partial charge in [0, 0.05) is 22.8 Å². The number of halogens is 3. The first kappa shape index (κ1) is 19.9. The Bertz CT molecular complexity index is 933. The Morgan fingerprint density at radius 3 is 2.22 bits per heavy atom. The number of nitrogens with one attached hydrogen (secondary N) is 1. The SMILES string of the molecule is Cc1ccc(NCc2cc(Cl)c(OCc3ccccc3Cl)c(Cl)c2)c(C)c1. The summed E-state index contributed by atoms with van der Waals surface area (Å²) in [5.74, 6) is 0.466. The first-order valence-corrected chi connectivity index (χ1v) is 9.72. The molecule has 0 unspecified atom stereocenters. The molecule has 0 aliphatic heterocycles. The zero-order valence-corrected chi connectivity index (χ0v) is 17.4. The van der Waals surface area contributed by atoms with Gasteiger partial charge in [0.1, 0.15) is 6.61 Å². The zero-order valence-electron chi connectivity index (χ0n) is 15.2. The van der Waals surface area contributed by atoms with E-state index >= 15 is 0 Å². The van der Waals surface area contributed by atoms with Crippen molar-refractivity contribution in [1.82, 2.24) is 0 Å². The Hall–Kier alpha value is -1.87. The lowest BCUT2D eigenvalue weighted by molar-refractivity contribution is 0.306. The molecule has 2 nitrogen and oxygen atoms in total. The second-order valence-corrected chi connectivity index (χ2v) is 7.66. The van der Waals surface area contributed by atoms with Gasteiger partial charge in [-0.2, -0.15) is 0 Å². The summed E-state index contributed by atoms with van der Waals surface area (Å²) in [6.45, 7) is 5.09. The lowest BCUT2D eigenvalue weighted by atomic mass is 10.1. The minimum absolute atomic E-state index is 0.305. The minimum Gasteiger partial charge on any atom is -0.486 e. The fourth-order valence-electron chi connectivity index (χ4n) is 2.83. The molecule has 5 heteroatoms. The van der Waals surface area contributed by atoms with Crippen molar-refractivity contribution in [3.63, 3.8) is 0 Å². The lowest BCUT2D eigenvalue weighted by Crippen LogP contribution is -2.02. The van der Waals surface area contributed by atoms with Crippen molar-refractivity contribution in [3.8, 4) is 5.75 Å². The molecule has 0 aliphatic carbocycles. The van der Waals surface area contributed by atoms with Crippen LogP contribution in [0.15, 0.2) is 54.6 Å². The highest BCUT2D eigenvalue weighted by atomic mass is 35.5. The van der Waals surface area contributed by atoms with Crippen LogP contribution in [0, 0.1) is 13.8 Å². The van der Waals surface area contributed by atoms with Crippen LogP contribution in [0.2, 0.25) is 15.1 Å². The van der Waals surface area contributed by atoms with Gasteiger partial charge in [-0.25, -0.2) is 0 Å². The van der Waals surface area contributed by atoms with Crippen LogP contribution in [-0.4, -0.2) is 0 Å². The Morgan fingerprint density at radius 1 is 0.852 bits per heavy atom. The van der Waals surface area contributed by atoms with Crippen LogP contribution in [0.25, 0.3) is 0 Å². The van der Waals surface area contributed by atoms with Crippen LogP contribution in [0.1, 0.15) is 22.3 Å². The Balaban J connectivity index is 1.70. The van der Waals surface area contributed by atoms with Crippen molar-refractivity contribution in [2.75, 3.05) is 5.32 Å². The second-order valence-electron chi connectivity index (χ2n) is 6.44. The standard InChI is InChI=1S/C22H20Cl3NO/c1-14-7-8-21(15(2)9-14)26-12-16-10-19(24)22(20(25)11-16)27-13-17-5-3-4-6-18(17)23/h3-11,26H,12-13H2,1-2H3. The van der Waals surface area contributed by atoms with E-state index in [0.717, 1.165) is 16.8 Å². The van der Waals surface area contributed by atoms with E-state index in [4.69, 9.17) is 39.5 Å². The van der Waals surface area contributed by atoms with E-state index in [1.54, 1.807) is 0 Å². The van der Waals surface area contributed by atoms with Gasteiger partial charge in [0.2, 0.25) is 0 Å². The third-order valence-electron chi connectivity index (χ3n) is 4.25. The van der Waals surface area contributed by atoms with E-state index in [9.17, 15) is 0 Å². The minimum atomic E-state index is 0.305. The molecule has 0 fully saturated rings. The van der Waals surface area contributed by atoms with E-state index in [1.165, 1.54) is 11.1 Å². The molecule has 0 saturated heterocycles. The molecule has 27 heavy (non-hydrogen) atoms. The number of anilines is 1. The Labute approximate surface area is 175 Å². The number of hydrogen-bond acceptors (Lipinski definition) is 2. The molecule has 0 spiro atoms. The van der Waals surface area contributed by atoms with Crippen molar-refractivity contribution >= 4 is 40.5 Å². The fraction of sp³-hybridized carbons (Fsp3) is 0.182. The summed E-state index contributed by atoms with van der Waals surface area (Å²) in [5.41, 5.74) is 5.39. The molecular weight excluding hydrogens is 401 g/mol. The monoisotopic (exact) mass is 419 g/mol. The van der Waals surface area contributed by atoms with Gasteiger partial charge in [-0.3, -0.25) is 0 Å². The first-order chi connectivity index (χ1) is 12.9. The number of hydrogen-bond donors (Lipinski definition) is 1. The highest BCUT2D eigenvalue weighted by molar-refractivity contribution is 6.37. The molecule has 3 rings (SSSR count). The van der Waals surface area contributed by atoms with Gasteiger partial charge in [0.25, 0.3) is 0 Å². The second kappa shape index (κ2) is 8.88. The highest BCUT2D eigenvalue weighted by Crippen LogP contribution is 2.35. The third-order valence-corrected chi connectivity index (χ3v) is 5.18. The summed E-state index contributed by atoms with van der Waals surface area (Å²) in [5, 5.41) is 5.03. The molecule has 0 amide bonds. The van der Waals surface area contributed by atoms with Crippen LogP contribution in [0.5, 0.6) is 5.75 Å². The maximum Gasteiger partial charge on any atom is 0.156 e. The van der Waals surface area contributed by atoms with Gasteiger partial charge in [-0.1, -0.05) is 70.7 Å². The van der Waals surface area contributed by atoms with Crippen LogP contribution < -0.4 is 10.1 Å². The summed E-state index contributed by atoms with van der Waals surface area (Å²) < 4.78 is 5.82. The Morgan fingerprint density at radius 2 is 1.56 bits per heavy atom.